The number of hydrogen-bond donors (Lipinski definition) is 3. The van der Waals surface area contributed by atoms with Gasteiger partial charge in [-0.2, -0.15) is 0 Å². The Balaban J connectivity index is 0.000000187. The third-order valence-electron chi connectivity index (χ3n) is 3.71. The van der Waals surface area contributed by atoms with Crippen molar-refractivity contribution in [2.24, 2.45) is 11.5 Å². The summed E-state index contributed by atoms with van der Waals surface area (Å²) in [6, 6.07) is 17.8. The predicted molar refractivity (Wildman–Crippen MR) is 97.8 cm³/mol. The average Bonchev–Trinajstić information content (AvgIpc) is 2.60. The van der Waals surface area contributed by atoms with Gasteiger partial charge in [-0.25, -0.2) is 4.98 Å². The Labute approximate surface area is 141 Å². The molecule has 0 saturated heterocycles. The van der Waals surface area contributed by atoms with E-state index >= 15 is 0 Å². The van der Waals surface area contributed by atoms with Crippen LogP contribution in [0.2, 0.25) is 0 Å². The van der Waals surface area contributed by atoms with Gasteiger partial charge in [-0.1, -0.05) is 42.8 Å². The maximum absolute atomic E-state index is 10.1. The molecule has 5 nitrogen and oxygen atoms in total. The van der Waals surface area contributed by atoms with E-state index in [4.69, 9.17) is 16.6 Å². The van der Waals surface area contributed by atoms with Gasteiger partial charge in [0, 0.05) is 10.8 Å². The van der Waals surface area contributed by atoms with Crippen molar-refractivity contribution in [3.8, 4) is 0 Å². The van der Waals surface area contributed by atoms with Crippen LogP contribution in [0.5, 0.6) is 0 Å². The maximum Gasteiger partial charge on any atom is 0.320 e. The number of aromatic nitrogens is 1. The molecule has 0 aliphatic rings. The fourth-order valence-corrected chi connectivity index (χ4v) is 2.35. The molecule has 0 bridgehead atoms. The van der Waals surface area contributed by atoms with E-state index in [1.54, 1.807) is 0 Å². The molecule has 0 fully saturated rings. The van der Waals surface area contributed by atoms with Crippen LogP contribution in [-0.4, -0.2) is 28.6 Å². The minimum Gasteiger partial charge on any atom is -0.480 e. The second-order valence-corrected chi connectivity index (χ2v) is 5.60. The zero-order chi connectivity index (χ0) is 17.4. The van der Waals surface area contributed by atoms with E-state index in [-0.39, 0.29) is 0 Å². The average molecular weight is 325 g/mol. The maximum atomic E-state index is 10.1. The van der Waals surface area contributed by atoms with Gasteiger partial charge in [-0.15, -0.1) is 0 Å². The number of benzene rings is 2. The molecule has 0 aliphatic heterocycles. The SMILES string of the molecule is NCCCC[C@H](N)C(=O)O.c1ccc2nc3ccccc3cc2c1. The number of nitrogens with zero attached hydrogens (tertiary/aromatic N) is 1. The van der Waals surface area contributed by atoms with Crippen molar-refractivity contribution in [1.29, 1.82) is 0 Å². The zero-order valence-corrected chi connectivity index (χ0v) is 13.6. The standard InChI is InChI=1S/C13H9N.C6H14N2O2/c1-3-7-12-10(5-1)9-11-6-2-4-8-13(11)14-12;7-4-2-1-3-5(8)6(9)10/h1-9H;5H,1-4,7-8H2,(H,9,10)/t;5-/m.0/s1. The molecule has 5 heteroatoms. The van der Waals surface area contributed by atoms with Crippen LogP contribution in [0.15, 0.2) is 54.6 Å². The number of para-hydroxylation sites is 2. The molecule has 1 heterocycles. The number of carboxylic acid groups (broad SMARTS) is 1. The van der Waals surface area contributed by atoms with Gasteiger partial charge >= 0.3 is 5.97 Å². The normalized spacial score (nSPS) is 11.8. The van der Waals surface area contributed by atoms with Crippen molar-refractivity contribution in [3.63, 3.8) is 0 Å². The largest absolute Gasteiger partial charge is 0.480 e. The molecular formula is C19H23N3O2. The van der Waals surface area contributed by atoms with Crippen molar-refractivity contribution < 1.29 is 9.90 Å². The van der Waals surface area contributed by atoms with Crippen LogP contribution in [0.1, 0.15) is 19.3 Å². The highest BCUT2D eigenvalue weighted by molar-refractivity contribution is 5.92. The molecule has 2 aromatic carbocycles. The number of fused-ring (bicyclic) bond motifs is 2. The minimum atomic E-state index is -0.933. The summed E-state index contributed by atoms with van der Waals surface area (Å²) in [7, 11) is 0. The Morgan fingerprint density at radius 1 is 1.00 bits per heavy atom. The first kappa shape index (κ1) is 17.8. The van der Waals surface area contributed by atoms with Gasteiger partial charge in [-0.3, -0.25) is 4.79 Å². The first-order chi connectivity index (χ1) is 11.6. The Morgan fingerprint density at radius 3 is 2.04 bits per heavy atom. The summed E-state index contributed by atoms with van der Waals surface area (Å²) in [4.78, 5) is 14.7. The molecule has 0 saturated carbocycles. The molecule has 0 radical (unpaired) electrons. The van der Waals surface area contributed by atoms with Gasteiger partial charge in [-0.05, 0) is 37.6 Å². The summed E-state index contributed by atoms with van der Waals surface area (Å²) in [5.41, 5.74) is 12.5. The molecule has 126 valence electrons. The number of pyridine rings is 1. The monoisotopic (exact) mass is 325 g/mol. The van der Waals surface area contributed by atoms with E-state index < -0.39 is 12.0 Å². The highest BCUT2D eigenvalue weighted by Gasteiger charge is 2.09. The van der Waals surface area contributed by atoms with E-state index in [0.29, 0.717) is 13.0 Å². The Hall–Kier alpha value is -2.50. The van der Waals surface area contributed by atoms with Crippen LogP contribution in [0.3, 0.4) is 0 Å². The van der Waals surface area contributed by atoms with Gasteiger partial charge in [0.25, 0.3) is 0 Å². The number of hydrogen-bond acceptors (Lipinski definition) is 4. The Kier molecular flexibility index (Phi) is 6.66. The van der Waals surface area contributed by atoms with E-state index in [1.807, 2.05) is 36.4 Å². The number of nitrogens with two attached hydrogens (primary N) is 2. The van der Waals surface area contributed by atoms with E-state index in [9.17, 15) is 4.79 Å². The lowest BCUT2D eigenvalue weighted by atomic mass is 10.1. The van der Waals surface area contributed by atoms with Gasteiger partial charge in [0.15, 0.2) is 0 Å². The second-order valence-electron chi connectivity index (χ2n) is 5.60. The van der Waals surface area contributed by atoms with E-state index in [0.717, 1.165) is 23.9 Å². The van der Waals surface area contributed by atoms with Gasteiger partial charge in [0.05, 0.1) is 11.0 Å². The molecule has 24 heavy (non-hydrogen) atoms. The summed E-state index contributed by atoms with van der Waals surface area (Å²) in [5, 5.41) is 10.7. The van der Waals surface area contributed by atoms with Crippen molar-refractivity contribution in [3.05, 3.63) is 54.6 Å². The third-order valence-corrected chi connectivity index (χ3v) is 3.71. The van der Waals surface area contributed by atoms with E-state index in [1.165, 1.54) is 10.8 Å². The lowest BCUT2D eigenvalue weighted by molar-refractivity contribution is -0.138. The van der Waals surface area contributed by atoms with Gasteiger partial charge < -0.3 is 16.6 Å². The smallest absolute Gasteiger partial charge is 0.320 e. The first-order valence-electron chi connectivity index (χ1n) is 8.05. The van der Waals surface area contributed by atoms with Crippen molar-refractivity contribution >= 4 is 27.8 Å². The van der Waals surface area contributed by atoms with Crippen LogP contribution in [0.4, 0.5) is 0 Å². The highest BCUT2D eigenvalue weighted by atomic mass is 16.4. The van der Waals surface area contributed by atoms with Gasteiger partial charge in [0.2, 0.25) is 0 Å². The minimum absolute atomic E-state index is 0.520. The summed E-state index contributed by atoms with van der Waals surface area (Å²) < 4.78 is 0. The second kappa shape index (κ2) is 8.96. The summed E-state index contributed by atoms with van der Waals surface area (Å²) >= 11 is 0. The molecule has 5 N–H and O–H groups in total. The molecule has 1 aromatic heterocycles. The zero-order valence-electron chi connectivity index (χ0n) is 13.6. The van der Waals surface area contributed by atoms with Crippen molar-refractivity contribution in [2.45, 2.75) is 25.3 Å². The van der Waals surface area contributed by atoms with E-state index in [2.05, 4.69) is 23.2 Å². The Morgan fingerprint density at radius 2 is 1.54 bits per heavy atom. The Bertz CT molecular complexity index is 700. The summed E-state index contributed by atoms with van der Waals surface area (Å²) in [5.74, 6) is -0.933. The molecule has 0 amide bonds. The number of rotatable bonds is 5. The molecule has 3 aromatic rings. The highest BCUT2D eigenvalue weighted by Crippen LogP contribution is 2.18. The lowest BCUT2D eigenvalue weighted by Crippen LogP contribution is -2.29. The molecular weight excluding hydrogens is 302 g/mol. The molecule has 1 atom stereocenters. The van der Waals surface area contributed by atoms with Gasteiger partial charge in [0.1, 0.15) is 6.04 Å². The number of carboxylic acids is 1. The molecule has 0 spiro atoms. The fourth-order valence-electron chi connectivity index (χ4n) is 2.35. The summed E-state index contributed by atoms with van der Waals surface area (Å²) in [6.07, 6.45) is 2.16. The number of carbonyl (C=O) groups is 1. The quantitative estimate of drug-likeness (QED) is 0.494. The number of aliphatic carboxylic acids is 1. The summed E-state index contributed by atoms with van der Waals surface area (Å²) in [6.45, 7) is 0.604. The predicted octanol–water partition coefficient (Wildman–Crippen LogP) is 2.92. The van der Waals surface area contributed by atoms with Crippen LogP contribution >= 0.6 is 0 Å². The van der Waals surface area contributed by atoms with Crippen LogP contribution in [-0.2, 0) is 4.79 Å². The van der Waals surface area contributed by atoms with Crippen LogP contribution in [0.25, 0.3) is 21.8 Å². The van der Waals surface area contributed by atoms with Crippen LogP contribution < -0.4 is 11.5 Å². The third kappa shape index (κ3) is 5.01. The number of unbranched alkanes of at least 4 members (excludes halogenated alkanes) is 1. The first-order valence-corrected chi connectivity index (χ1v) is 8.05. The van der Waals surface area contributed by atoms with Crippen molar-refractivity contribution in [2.75, 3.05) is 6.54 Å². The molecule has 3 rings (SSSR count). The van der Waals surface area contributed by atoms with Crippen molar-refractivity contribution in [1.82, 2.24) is 4.98 Å². The molecule has 0 aliphatic carbocycles. The fraction of sp³-hybridized carbons (Fsp3) is 0.263. The topological polar surface area (TPSA) is 102 Å². The molecule has 0 unspecified atom stereocenters. The van der Waals surface area contributed by atoms with Crippen LogP contribution in [0, 0.1) is 0 Å². The lowest BCUT2D eigenvalue weighted by Gasteiger charge is -2.03.